The number of ether oxygens (including phenoxy) is 1. The summed E-state index contributed by atoms with van der Waals surface area (Å²) < 4.78 is 5.15. The molecule has 0 aromatic rings. The molecule has 2 N–H and O–H groups in total. The molecule has 0 atom stereocenters. The molecule has 0 aromatic heterocycles. The van der Waals surface area contributed by atoms with Crippen LogP contribution in [0.3, 0.4) is 0 Å². The Labute approximate surface area is 100 Å². The second-order valence-electron chi connectivity index (χ2n) is 3.25. The van der Waals surface area contributed by atoms with Gasteiger partial charge in [0.1, 0.15) is 0 Å². The first-order valence-electron chi connectivity index (χ1n) is 4.92. The summed E-state index contributed by atoms with van der Waals surface area (Å²) in [5.41, 5.74) is 0.918. The summed E-state index contributed by atoms with van der Waals surface area (Å²) in [5, 5.41) is 4.61. The van der Waals surface area contributed by atoms with E-state index in [2.05, 4.69) is 17.2 Å². The molecule has 0 aliphatic carbocycles. The molecular weight excluding hydrogens is 232 g/mol. The number of carbonyl (C=O) groups is 2. The third-order valence-corrected chi connectivity index (χ3v) is 1.64. The van der Waals surface area contributed by atoms with Crippen LogP contribution in [0.2, 0.25) is 0 Å². The van der Waals surface area contributed by atoms with Crippen molar-refractivity contribution in [3.63, 3.8) is 0 Å². The normalized spacial score (nSPS) is 9.62. The van der Waals surface area contributed by atoms with Gasteiger partial charge in [-0.25, -0.2) is 4.79 Å². The van der Waals surface area contributed by atoms with Gasteiger partial charge in [0.25, 0.3) is 0 Å². The fourth-order valence-corrected chi connectivity index (χ4v) is 0.974. The van der Waals surface area contributed by atoms with Gasteiger partial charge in [0.05, 0.1) is 13.2 Å². The van der Waals surface area contributed by atoms with E-state index in [1.54, 1.807) is 0 Å². The quantitative estimate of drug-likeness (QED) is 0.402. The molecule has 0 saturated carbocycles. The highest BCUT2D eigenvalue weighted by molar-refractivity contribution is 6.19. The van der Waals surface area contributed by atoms with Gasteiger partial charge in [-0.05, 0) is 6.92 Å². The number of urea groups is 1. The molecule has 0 spiro atoms. The number of halogens is 1. The lowest BCUT2D eigenvalue weighted by molar-refractivity contribution is -0.119. The van der Waals surface area contributed by atoms with E-state index in [1.807, 2.05) is 6.92 Å². The van der Waals surface area contributed by atoms with Gasteiger partial charge in [-0.1, -0.05) is 12.2 Å². The largest absolute Gasteiger partial charge is 0.375 e. The van der Waals surface area contributed by atoms with Crippen molar-refractivity contribution in [1.29, 1.82) is 0 Å². The highest BCUT2D eigenvalue weighted by Crippen LogP contribution is 1.87. The summed E-state index contributed by atoms with van der Waals surface area (Å²) in [6, 6.07) is -0.533. The van der Waals surface area contributed by atoms with E-state index in [9.17, 15) is 9.59 Å². The van der Waals surface area contributed by atoms with Gasteiger partial charge in [0.15, 0.2) is 0 Å². The molecule has 0 bridgehead atoms. The minimum atomic E-state index is -0.533. The van der Waals surface area contributed by atoms with E-state index >= 15 is 0 Å². The molecule has 6 heteroatoms. The van der Waals surface area contributed by atoms with Crippen LogP contribution in [0.15, 0.2) is 12.2 Å². The fraction of sp³-hybridized carbons (Fsp3) is 0.600. The van der Waals surface area contributed by atoms with Crippen LogP contribution in [0.1, 0.15) is 13.3 Å². The van der Waals surface area contributed by atoms with Crippen molar-refractivity contribution >= 4 is 23.5 Å². The standard InChI is InChI=1S/C10H17ClN2O3/c1-8(2)7-16-6-5-12-10(15)13-9(14)3-4-11/h1,3-7H2,2H3,(H2,12,13,14,15). The summed E-state index contributed by atoms with van der Waals surface area (Å²) in [4.78, 5) is 22.0. The number of hydrogen-bond acceptors (Lipinski definition) is 3. The number of imide groups is 1. The summed E-state index contributed by atoms with van der Waals surface area (Å²) in [7, 11) is 0. The van der Waals surface area contributed by atoms with E-state index in [0.717, 1.165) is 5.57 Å². The van der Waals surface area contributed by atoms with Crippen molar-refractivity contribution in [2.24, 2.45) is 0 Å². The maximum atomic E-state index is 11.1. The molecule has 3 amide bonds. The number of hydrogen-bond donors (Lipinski definition) is 2. The molecule has 0 unspecified atom stereocenters. The Hall–Kier alpha value is -1.07. The average molecular weight is 249 g/mol. The summed E-state index contributed by atoms with van der Waals surface area (Å²) in [6.07, 6.45) is 0.126. The van der Waals surface area contributed by atoms with Crippen molar-refractivity contribution in [3.05, 3.63) is 12.2 Å². The Balaban J connectivity index is 3.43. The molecule has 0 radical (unpaired) electrons. The van der Waals surface area contributed by atoms with Crippen LogP contribution in [0.25, 0.3) is 0 Å². The zero-order chi connectivity index (χ0) is 12.4. The highest BCUT2D eigenvalue weighted by Gasteiger charge is 2.05. The minimum absolute atomic E-state index is 0.126. The lowest BCUT2D eigenvalue weighted by Crippen LogP contribution is -2.40. The number of carbonyl (C=O) groups excluding carboxylic acids is 2. The summed E-state index contributed by atoms with van der Waals surface area (Å²) in [5.74, 6) is -0.198. The van der Waals surface area contributed by atoms with Crippen molar-refractivity contribution < 1.29 is 14.3 Å². The average Bonchev–Trinajstić information content (AvgIpc) is 2.16. The summed E-state index contributed by atoms with van der Waals surface area (Å²) in [6.45, 7) is 6.70. The van der Waals surface area contributed by atoms with Crippen molar-refractivity contribution in [2.45, 2.75) is 13.3 Å². The maximum Gasteiger partial charge on any atom is 0.321 e. The van der Waals surface area contributed by atoms with Crippen LogP contribution in [0, 0.1) is 0 Å². The third-order valence-electron chi connectivity index (χ3n) is 1.45. The lowest BCUT2D eigenvalue weighted by Gasteiger charge is -2.06. The smallest absolute Gasteiger partial charge is 0.321 e. The minimum Gasteiger partial charge on any atom is -0.375 e. The molecule has 0 heterocycles. The fourth-order valence-electron chi connectivity index (χ4n) is 0.802. The topological polar surface area (TPSA) is 67.4 Å². The Bertz CT molecular complexity index is 256. The number of nitrogens with one attached hydrogen (secondary N) is 2. The third kappa shape index (κ3) is 9.48. The zero-order valence-corrected chi connectivity index (χ0v) is 10.1. The molecule has 5 nitrogen and oxygen atoms in total. The lowest BCUT2D eigenvalue weighted by atomic mass is 10.4. The van der Waals surface area contributed by atoms with E-state index in [1.165, 1.54) is 0 Å². The van der Waals surface area contributed by atoms with Gasteiger partial charge in [-0.15, -0.1) is 11.6 Å². The molecule has 92 valence electrons. The maximum absolute atomic E-state index is 11.1. The second-order valence-corrected chi connectivity index (χ2v) is 3.63. The molecule has 0 aromatic carbocycles. The van der Waals surface area contributed by atoms with Gasteiger partial charge in [-0.2, -0.15) is 0 Å². The molecule has 0 fully saturated rings. The number of rotatable bonds is 7. The first-order valence-corrected chi connectivity index (χ1v) is 5.45. The van der Waals surface area contributed by atoms with Crippen LogP contribution >= 0.6 is 11.6 Å². The van der Waals surface area contributed by atoms with Crippen LogP contribution in [0.4, 0.5) is 4.79 Å². The van der Waals surface area contributed by atoms with Crippen molar-refractivity contribution in [2.75, 3.05) is 25.6 Å². The van der Waals surface area contributed by atoms with Gasteiger partial charge in [0, 0.05) is 18.8 Å². The Morgan fingerprint density at radius 1 is 1.44 bits per heavy atom. The highest BCUT2D eigenvalue weighted by atomic mass is 35.5. The van der Waals surface area contributed by atoms with Crippen LogP contribution in [0.5, 0.6) is 0 Å². The number of amides is 3. The van der Waals surface area contributed by atoms with E-state index in [4.69, 9.17) is 16.3 Å². The van der Waals surface area contributed by atoms with E-state index in [0.29, 0.717) is 19.8 Å². The molecule has 0 aliphatic rings. The predicted octanol–water partition coefficient (Wildman–Crippen LogP) is 1.03. The van der Waals surface area contributed by atoms with Crippen LogP contribution in [-0.4, -0.2) is 37.6 Å². The summed E-state index contributed by atoms with van der Waals surface area (Å²) >= 11 is 5.33. The monoisotopic (exact) mass is 248 g/mol. The van der Waals surface area contributed by atoms with E-state index in [-0.39, 0.29) is 12.3 Å². The van der Waals surface area contributed by atoms with E-state index < -0.39 is 11.9 Å². The Morgan fingerprint density at radius 2 is 2.12 bits per heavy atom. The Kier molecular flexibility index (Phi) is 8.56. The van der Waals surface area contributed by atoms with Gasteiger partial charge < -0.3 is 10.1 Å². The van der Waals surface area contributed by atoms with Crippen molar-refractivity contribution in [1.82, 2.24) is 10.6 Å². The zero-order valence-electron chi connectivity index (χ0n) is 9.35. The predicted molar refractivity (Wildman–Crippen MR) is 62.5 cm³/mol. The van der Waals surface area contributed by atoms with Crippen LogP contribution in [-0.2, 0) is 9.53 Å². The first-order chi connectivity index (χ1) is 7.56. The number of alkyl halides is 1. The SMILES string of the molecule is C=C(C)COCCNC(=O)NC(=O)CCCl. The van der Waals surface area contributed by atoms with Crippen LogP contribution < -0.4 is 10.6 Å². The molecule has 16 heavy (non-hydrogen) atoms. The van der Waals surface area contributed by atoms with Crippen molar-refractivity contribution in [3.8, 4) is 0 Å². The Morgan fingerprint density at radius 3 is 2.69 bits per heavy atom. The second kappa shape index (κ2) is 9.18. The molecular formula is C10H17ClN2O3. The first kappa shape index (κ1) is 14.9. The molecule has 0 saturated heterocycles. The molecule has 0 rings (SSSR count). The molecule has 0 aliphatic heterocycles. The van der Waals surface area contributed by atoms with Gasteiger partial charge in [0.2, 0.25) is 5.91 Å². The van der Waals surface area contributed by atoms with Gasteiger partial charge in [-0.3, -0.25) is 10.1 Å². The van der Waals surface area contributed by atoms with Gasteiger partial charge >= 0.3 is 6.03 Å².